The van der Waals surface area contributed by atoms with Gasteiger partial charge >= 0.3 is 0 Å². The van der Waals surface area contributed by atoms with Crippen LogP contribution in [-0.4, -0.2) is 27.3 Å². The zero-order chi connectivity index (χ0) is 13.2. The van der Waals surface area contributed by atoms with Gasteiger partial charge in [-0.25, -0.2) is 4.98 Å². The molecule has 3 heterocycles. The summed E-state index contributed by atoms with van der Waals surface area (Å²) in [5, 5.41) is 0. The lowest BCUT2D eigenvalue weighted by atomic mass is 10.1. The van der Waals surface area contributed by atoms with E-state index in [1.807, 2.05) is 35.4 Å². The highest BCUT2D eigenvalue weighted by atomic mass is 79.9. The van der Waals surface area contributed by atoms with Gasteiger partial charge in [0.2, 0.25) is 0 Å². The van der Waals surface area contributed by atoms with Crippen LogP contribution in [-0.2, 0) is 0 Å². The standard InChI is InChI=1S/C14H14BrN3O/c15-10-4-1-8-17-13(10)14(19)18-9-3-6-12(18)11-5-2-7-16-11/h1-2,4-5,7-8,12,16H,3,6,9H2. The second-order valence-corrected chi connectivity index (χ2v) is 5.47. The first-order chi connectivity index (χ1) is 9.27. The SMILES string of the molecule is O=C(c1ncccc1Br)N1CCCC1c1ccc[nH]1. The molecule has 0 saturated carbocycles. The Morgan fingerprint density at radius 3 is 3.05 bits per heavy atom. The second-order valence-electron chi connectivity index (χ2n) is 4.62. The molecular formula is C14H14BrN3O. The highest BCUT2D eigenvalue weighted by Gasteiger charge is 2.32. The Labute approximate surface area is 120 Å². The lowest BCUT2D eigenvalue weighted by molar-refractivity contribution is 0.0726. The summed E-state index contributed by atoms with van der Waals surface area (Å²) in [6.07, 6.45) is 5.57. The maximum Gasteiger partial charge on any atom is 0.274 e. The fourth-order valence-corrected chi connectivity index (χ4v) is 2.99. The molecule has 0 radical (unpaired) electrons. The van der Waals surface area contributed by atoms with Crippen LogP contribution in [0.1, 0.15) is 35.1 Å². The molecule has 1 aliphatic rings. The average Bonchev–Trinajstić information content (AvgIpc) is 3.09. The van der Waals surface area contributed by atoms with Crippen LogP contribution < -0.4 is 0 Å². The number of nitrogens with one attached hydrogen (secondary N) is 1. The smallest absolute Gasteiger partial charge is 0.274 e. The number of halogens is 1. The van der Waals surface area contributed by atoms with E-state index >= 15 is 0 Å². The topological polar surface area (TPSA) is 49.0 Å². The third kappa shape index (κ3) is 2.30. The second kappa shape index (κ2) is 5.17. The molecule has 1 unspecified atom stereocenters. The van der Waals surface area contributed by atoms with Crippen molar-refractivity contribution in [1.29, 1.82) is 0 Å². The van der Waals surface area contributed by atoms with Crippen molar-refractivity contribution < 1.29 is 4.79 Å². The van der Waals surface area contributed by atoms with Gasteiger partial charge in [-0.2, -0.15) is 0 Å². The fraction of sp³-hybridized carbons (Fsp3) is 0.286. The summed E-state index contributed by atoms with van der Waals surface area (Å²) in [6.45, 7) is 0.783. The first-order valence-corrected chi connectivity index (χ1v) is 7.11. The molecule has 0 spiro atoms. The molecule has 1 N–H and O–H groups in total. The lowest BCUT2D eigenvalue weighted by Crippen LogP contribution is -2.31. The predicted molar refractivity (Wildman–Crippen MR) is 75.7 cm³/mol. The van der Waals surface area contributed by atoms with Crippen LogP contribution in [0.2, 0.25) is 0 Å². The zero-order valence-electron chi connectivity index (χ0n) is 10.3. The van der Waals surface area contributed by atoms with Crippen LogP contribution in [0.4, 0.5) is 0 Å². The number of amides is 1. The number of likely N-dealkylation sites (tertiary alicyclic amines) is 1. The molecule has 98 valence electrons. The van der Waals surface area contributed by atoms with Crippen molar-refractivity contribution in [1.82, 2.24) is 14.9 Å². The third-order valence-electron chi connectivity index (χ3n) is 3.46. The van der Waals surface area contributed by atoms with Crippen LogP contribution in [0.3, 0.4) is 0 Å². The zero-order valence-corrected chi connectivity index (χ0v) is 11.9. The van der Waals surface area contributed by atoms with E-state index < -0.39 is 0 Å². The molecule has 1 aliphatic heterocycles. The Morgan fingerprint density at radius 1 is 1.42 bits per heavy atom. The molecule has 1 atom stereocenters. The van der Waals surface area contributed by atoms with Gasteiger partial charge in [0.05, 0.1) is 6.04 Å². The van der Waals surface area contributed by atoms with E-state index in [0.29, 0.717) is 5.69 Å². The highest BCUT2D eigenvalue weighted by Crippen LogP contribution is 2.32. The Bertz CT molecular complexity index is 582. The molecule has 1 fully saturated rings. The maximum atomic E-state index is 12.6. The van der Waals surface area contributed by atoms with Gasteiger partial charge in [0, 0.05) is 29.1 Å². The molecule has 1 saturated heterocycles. The van der Waals surface area contributed by atoms with Gasteiger partial charge in [0.15, 0.2) is 0 Å². The van der Waals surface area contributed by atoms with E-state index in [-0.39, 0.29) is 11.9 Å². The number of aromatic amines is 1. The van der Waals surface area contributed by atoms with Crippen LogP contribution >= 0.6 is 15.9 Å². The summed E-state index contributed by atoms with van der Waals surface area (Å²) in [5.74, 6) is -0.00965. The molecular weight excluding hydrogens is 306 g/mol. The van der Waals surface area contributed by atoms with Crippen LogP contribution in [0.5, 0.6) is 0 Å². The summed E-state index contributed by atoms with van der Waals surface area (Å²) in [4.78, 5) is 21.9. The number of hydrogen-bond acceptors (Lipinski definition) is 2. The van der Waals surface area contributed by atoms with E-state index in [2.05, 4.69) is 25.9 Å². The van der Waals surface area contributed by atoms with Crippen LogP contribution in [0.25, 0.3) is 0 Å². The number of nitrogens with zero attached hydrogens (tertiary/aromatic N) is 2. The molecule has 2 aromatic rings. The van der Waals surface area contributed by atoms with Gasteiger partial charge in [-0.15, -0.1) is 0 Å². The van der Waals surface area contributed by atoms with Gasteiger partial charge in [0.25, 0.3) is 5.91 Å². The maximum absolute atomic E-state index is 12.6. The Balaban J connectivity index is 1.89. The van der Waals surface area contributed by atoms with Crippen LogP contribution in [0, 0.1) is 0 Å². The van der Waals surface area contributed by atoms with Crippen molar-refractivity contribution in [3.8, 4) is 0 Å². The minimum Gasteiger partial charge on any atom is -0.363 e. The third-order valence-corrected chi connectivity index (χ3v) is 4.10. The fourth-order valence-electron chi connectivity index (χ4n) is 2.56. The Morgan fingerprint density at radius 2 is 2.32 bits per heavy atom. The summed E-state index contributed by atoms with van der Waals surface area (Å²) in [5.41, 5.74) is 1.58. The highest BCUT2D eigenvalue weighted by molar-refractivity contribution is 9.10. The van der Waals surface area contributed by atoms with Gasteiger partial charge in [-0.05, 0) is 53.0 Å². The Hall–Kier alpha value is -1.62. The molecule has 0 bridgehead atoms. The number of aromatic nitrogens is 2. The van der Waals surface area contributed by atoms with E-state index in [1.54, 1.807) is 6.20 Å². The first kappa shape index (κ1) is 12.4. The quantitative estimate of drug-likeness (QED) is 0.924. The monoisotopic (exact) mass is 319 g/mol. The van der Waals surface area contributed by atoms with Crippen molar-refractivity contribution in [2.24, 2.45) is 0 Å². The molecule has 0 aromatic carbocycles. The summed E-state index contributed by atoms with van der Waals surface area (Å²) >= 11 is 3.39. The van der Waals surface area contributed by atoms with E-state index in [4.69, 9.17) is 0 Å². The number of H-pyrrole nitrogens is 1. The molecule has 3 rings (SSSR count). The molecule has 5 heteroatoms. The molecule has 2 aromatic heterocycles. The van der Waals surface area contributed by atoms with Gasteiger partial charge in [0.1, 0.15) is 5.69 Å². The van der Waals surface area contributed by atoms with E-state index in [1.165, 1.54) is 0 Å². The summed E-state index contributed by atoms with van der Waals surface area (Å²) in [7, 11) is 0. The molecule has 4 nitrogen and oxygen atoms in total. The van der Waals surface area contributed by atoms with E-state index in [9.17, 15) is 4.79 Å². The number of carbonyl (C=O) groups is 1. The first-order valence-electron chi connectivity index (χ1n) is 6.32. The number of carbonyl (C=O) groups excluding carboxylic acids is 1. The largest absolute Gasteiger partial charge is 0.363 e. The lowest BCUT2D eigenvalue weighted by Gasteiger charge is -2.24. The number of rotatable bonds is 2. The van der Waals surface area contributed by atoms with Crippen molar-refractivity contribution in [3.05, 3.63) is 52.5 Å². The summed E-state index contributed by atoms with van der Waals surface area (Å²) < 4.78 is 0.747. The minimum atomic E-state index is -0.00965. The predicted octanol–water partition coefficient (Wildman–Crippen LogP) is 3.15. The summed E-state index contributed by atoms with van der Waals surface area (Å²) in [6, 6.07) is 7.79. The van der Waals surface area contributed by atoms with E-state index in [0.717, 1.165) is 29.6 Å². The average molecular weight is 320 g/mol. The minimum absolute atomic E-state index is 0.00965. The normalized spacial score (nSPS) is 18.8. The van der Waals surface area contributed by atoms with Crippen LogP contribution in [0.15, 0.2) is 41.1 Å². The number of pyridine rings is 1. The van der Waals surface area contributed by atoms with Gasteiger partial charge in [-0.1, -0.05) is 0 Å². The molecule has 0 aliphatic carbocycles. The Kier molecular flexibility index (Phi) is 3.38. The van der Waals surface area contributed by atoms with Gasteiger partial charge < -0.3 is 9.88 Å². The van der Waals surface area contributed by atoms with Crippen molar-refractivity contribution in [2.45, 2.75) is 18.9 Å². The number of hydrogen-bond donors (Lipinski definition) is 1. The molecule has 19 heavy (non-hydrogen) atoms. The van der Waals surface area contributed by atoms with Gasteiger partial charge in [-0.3, -0.25) is 4.79 Å². The van der Waals surface area contributed by atoms with Crippen molar-refractivity contribution in [2.75, 3.05) is 6.54 Å². The van der Waals surface area contributed by atoms with Crippen molar-refractivity contribution in [3.63, 3.8) is 0 Å². The molecule has 1 amide bonds. The van der Waals surface area contributed by atoms with Crippen molar-refractivity contribution >= 4 is 21.8 Å².